The molecule has 0 spiro atoms. The molecule has 2 rings (SSSR count). The SMILES string of the molecule is Fc1ccc(CC(S)CCOCc2ccccc2)nc1. The first-order chi connectivity index (χ1) is 9.74. The van der Waals surface area contributed by atoms with Crippen molar-refractivity contribution in [1.29, 1.82) is 0 Å². The van der Waals surface area contributed by atoms with Crippen molar-refractivity contribution in [2.24, 2.45) is 0 Å². The molecule has 0 N–H and O–H groups in total. The van der Waals surface area contributed by atoms with Crippen LogP contribution in [-0.4, -0.2) is 16.8 Å². The summed E-state index contributed by atoms with van der Waals surface area (Å²) in [7, 11) is 0. The summed E-state index contributed by atoms with van der Waals surface area (Å²) in [5.41, 5.74) is 2.03. The predicted octanol–water partition coefficient (Wildman–Crippen LogP) is 3.67. The molecule has 106 valence electrons. The molecule has 2 nitrogen and oxygen atoms in total. The number of thiol groups is 1. The van der Waals surface area contributed by atoms with E-state index in [1.54, 1.807) is 6.07 Å². The Balaban J connectivity index is 1.65. The van der Waals surface area contributed by atoms with Crippen LogP contribution in [0.15, 0.2) is 48.7 Å². The van der Waals surface area contributed by atoms with E-state index in [4.69, 9.17) is 4.74 Å². The standard InChI is InChI=1S/C16H18FNOS/c17-14-6-7-15(18-11-14)10-16(20)8-9-19-12-13-4-2-1-3-5-13/h1-7,11,16,20H,8-10,12H2. The molecule has 1 unspecified atom stereocenters. The zero-order valence-corrected chi connectivity index (χ0v) is 12.1. The molecule has 2 aromatic rings. The van der Waals surface area contributed by atoms with Crippen LogP contribution in [0.4, 0.5) is 4.39 Å². The van der Waals surface area contributed by atoms with E-state index < -0.39 is 0 Å². The summed E-state index contributed by atoms with van der Waals surface area (Å²) in [6.07, 6.45) is 2.80. The molecule has 0 saturated carbocycles. The summed E-state index contributed by atoms with van der Waals surface area (Å²) in [4.78, 5) is 4.03. The number of nitrogens with zero attached hydrogens (tertiary/aromatic N) is 1. The van der Waals surface area contributed by atoms with Crippen molar-refractivity contribution in [2.45, 2.75) is 24.7 Å². The molecule has 0 aliphatic carbocycles. The van der Waals surface area contributed by atoms with Crippen LogP contribution in [0.5, 0.6) is 0 Å². The second kappa shape index (κ2) is 8.02. The maximum Gasteiger partial charge on any atom is 0.141 e. The molecule has 4 heteroatoms. The molecule has 0 bridgehead atoms. The maximum absolute atomic E-state index is 12.7. The number of benzene rings is 1. The van der Waals surface area contributed by atoms with Crippen molar-refractivity contribution in [3.8, 4) is 0 Å². The molecule has 0 amide bonds. The van der Waals surface area contributed by atoms with Crippen LogP contribution in [0, 0.1) is 5.82 Å². The molecule has 0 aliphatic rings. The van der Waals surface area contributed by atoms with Crippen LogP contribution >= 0.6 is 12.6 Å². The van der Waals surface area contributed by atoms with Gasteiger partial charge in [-0.3, -0.25) is 4.98 Å². The Bertz CT molecular complexity index is 504. The number of halogens is 1. The lowest BCUT2D eigenvalue weighted by atomic mass is 10.2. The number of aromatic nitrogens is 1. The second-order valence-corrected chi connectivity index (χ2v) is 5.38. The largest absolute Gasteiger partial charge is 0.377 e. The van der Waals surface area contributed by atoms with E-state index in [2.05, 4.69) is 17.6 Å². The van der Waals surface area contributed by atoms with E-state index >= 15 is 0 Å². The first-order valence-electron chi connectivity index (χ1n) is 6.64. The smallest absolute Gasteiger partial charge is 0.141 e. The first kappa shape index (κ1) is 15.0. The van der Waals surface area contributed by atoms with Gasteiger partial charge in [0.2, 0.25) is 0 Å². The number of rotatable bonds is 7. The van der Waals surface area contributed by atoms with Gasteiger partial charge >= 0.3 is 0 Å². The Morgan fingerprint density at radius 3 is 2.65 bits per heavy atom. The summed E-state index contributed by atoms with van der Waals surface area (Å²) in [5, 5.41) is 0.170. The number of pyridine rings is 1. The minimum absolute atomic E-state index is 0.170. The molecule has 0 saturated heterocycles. The lowest BCUT2D eigenvalue weighted by molar-refractivity contribution is 0.118. The number of ether oxygens (including phenoxy) is 1. The quantitative estimate of drug-likeness (QED) is 0.621. The highest BCUT2D eigenvalue weighted by molar-refractivity contribution is 7.80. The van der Waals surface area contributed by atoms with E-state index in [0.29, 0.717) is 13.2 Å². The number of hydrogen-bond donors (Lipinski definition) is 1. The minimum atomic E-state index is -0.310. The van der Waals surface area contributed by atoms with Crippen molar-refractivity contribution >= 4 is 12.6 Å². The van der Waals surface area contributed by atoms with Gasteiger partial charge in [0, 0.05) is 24.0 Å². The van der Waals surface area contributed by atoms with Crippen molar-refractivity contribution in [2.75, 3.05) is 6.61 Å². The topological polar surface area (TPSA) is 22.1 Å². The highest BCUT2D eigenvalue weighted by atomic mass is 32.1. The summed E-state index contributed by atoms with van der Waals surface area (Å²) in [6.45, 7) is 1.28. The lowest BCUT2D eigenvalue weighted by Gasteiger charge is -2.10. The van der Waals surface area contributed by atoms with Gasteiger partial charge < -0.3 is 4.74 Å². The van der Waals surface area contributed by atoms with Gasteiger partial charge in [-0.15, -0.1) is 0 Å². The zero-order chi connectivity index (χ0) is 14.2. The Morgan fingerprint density at radius 1 is 1.15 bits per heavy atom. The van der Waals surface area contributed by atoms with Gasteiger partial charge in [-0.05, 0) is 24.1 Å². The fourth-order valence-corrected chi connectivity index (χ4v) is 2.15. The second-order valence-electron chi connectivity index (χ2n) is 4.65. The molecule has 1 heterocycles. The third-order valence-corrected chi connectivity index (χ3v) is 3.38. The van der Waals surface area contributed by atoms with Gasteiger partial charge in [0.15, 0.2) is 0 Å². The summed E-state index contributed by atoms with van der Waals surface area (Å²) < 4.78 is 18.4. The van der Waals surface area contributed by atoms with E-state index in [0.717, 1.165) is 18.5 Å². The van der Waals surface area contributed by atoms with E-state index in [1.165, 1.54) is 17.8 Å². The van der Waals surface area contributed by atoms with Gasteiger partial charge in [-0.2, -0.15) is 12.6 Å². The monoisotopic (exact) mass is 291 g/mol. The Kier molecular flexibility index (Phi) is 6.02. The third kappa shape index (κ3) is 5.31. The normalized spacial score (nSPS) is 12.3. The fraction of sp³-hybridized carbons (Fsp3) is 0.312. The van der Waals surface area contributed by atoms with Gasteiger partial charge in [0.1, 0.15) is 5.82 Å². The molecular formula is C16H18FNOS. The summed E-state index contributed by atoms with van der Waals surface area (Å²) >= 11 is 4.51. The average molecular weight is 291 g/mol. The minimum Gasteiger partial charge on any atom is -0.377 e. The third-order valence-electron chi connectivity index (χ3n) is 2.94. The number of hydrogen-bond acceptors (Lipinski definition) is 3. The molecule has 1 atom stereocenters. The molecule has 0 fully saturated rings. The van der Waals surface area contributed by atoms with Crippen molar-refractivity contribution < 1.29 is 9.13 Å². The Hall–Kier alpha value is -1.39. The van der Waals surface area contributed by atoms with Crippen LogP contribution in [0.2, 0.25) is 0 Å². The van der Waals surface area contributed by atoms with Crippen molar-refractivity contribution in [1.82, 2.24) is 4.98 Å². The van der Waals surface area contributed by atoms with Gasteiger partial charge in [-0.1, -0.05) is 30.3 Å². The van der Waals surface area contributed by atoms with Crippen LogP contribution in [0.3, 0.4) is 0 Å². The average Bonchev–Trinajstić information content (AvgIpc) is 2.47. The molecular weight excluding hydrogens is 273 g/mol. The first-order valence-corrected chi connectivity index (χ1v) is 7.16. The van der Waals surface area contributed by atoms with Gasteiger partial charge in [0.05, 0.1) is 12.8 Å². The van der Waals surface area contributed by atoms with Crippen molar-refractivity contribution in [3.63, 3.8) is 0 Å². The Labute approximate surface area is 124 Å². The highest BCUT2D eigenvalue weighted by Crippen LogP contribution is 2.10. The molecule has 20 heavy (non-hydrogen) atoms. The van der Waals surface area contributed by atoms with Gasteiger partial charge in [-0.25, -0.2) is 4.39 Å². The van der Waals surface area contributed by atoms with Crippen LogP contribution < -0.4 is 0 Å². The van der Waals surface area contributed by atoms with E-state index in [-0.39, 0.29) is 11.1 Å². The molecule has 1 aromatic heterocycles. The zero-order valence-electron chi connectivity index (χ0n) is 11.2. The van der Waals surface area contributed by atoms with E-state index in [1.807, 2.05) is 30.3 Å². The summed E-state index contributed by atoms with van der Waals surface area (Å²) in [5.74, 6) is -0.310. The Morgan fingerprint density at radius 2 is 1.95 bits per heavy atom. The van der Waals surface area contributed by atoms with Crippen molar-refractivity contribution in [3.05, 3.63) is 65.7 Å². The fourth-order valence-electron chi connectivity index (χ4n) is 1.85. The molecule has 1 aromatic carbocycles. The lowest BCUT2D eigenvalue weighted by Crippen LogP contribution is -2.09. The maximum atomic E-state index is 12.7. The van der Waals surface area contributed by atoms with Gasteiger partial charge in [0.25, 0.3) is 0 Å². The highest BCUT2D eigenvalue weighted by Gasteiger charge is 2.06. The summed E-state index contributed by atoms with van der Waals surface area (Å²) in [6, 6.07) is 13.2. The molecule has 0 radical (unpaired) electrons. The van der Waals surface area contributed by atoms with Crippen LogP contribution in [-0.2, 0) is 17.8 Å². The van der Waals surface area contributed by atoms with Crippen LogP contribution in [0.25, 0.3) is 0 Å². The molecule has 0 aliphatic heterocycles. The van der Waals surface area contributed by atoms with E-state index in [9.17, 15) is 4.39 Å². The van der Waals surface area contributed by atoms with Crippen LogP contribution in [0.1, 0.15) is 17.7 Å². The predicted molar refractivity (Wildman–Crippen MR) is 81.4 cm³/mol.